The smallest absolute Gasteiger partial charge is 0.308 e. The molecule has 0 spiro atoms. The summed E-state index contributed by atoms with van der Waals surface area (Å²) in [5.41, 5.74) is 0. The number of hydrogen-bond donors (Lipinski definition) is 0. The highest BCUT2D eigenvalue weighted by Crippen LogP contribution is 2.53. The van der Waals surface area contributed by atoms with E-state index in [2.05, 4.69) is 25.6 Å². The van der Waals surface area contributed by atoms with Crippen molar-refractivity contribution < 1.29 is 13.6 Å². The molecule has 0 saturated carbocycles. The summed E-state index contributed by atoms with van der Waals surface area (Å²) in [6, 6.07) is 0. The lowest BCUT2D eigenvalue weighted by Crippen LogP contribution is -2.19. The Morgan fingerprint density at radius 3 is 1.75 bits per heavy atom. The minimum atomic E-state index is -2.95. The topological polar surface area (TPSA) is 38.8 Å². The molecule has 0 rings (SSSR count). The zero-order valence-electron chi connectivity index (χ0n) is 13.9. The van der Waals surface area contributed by atoms with E-state index >= 15 is 0 Å². The summed E-state index contributed by atoms with van der Waals surface area (Å²) in [5, 5.41) is 0. The number of hydrogen-bond acceptors (Lipinski definition) is 4. The highest BCUT2D eigenvalue weighted by molar-refractivity contribution is 7.58. The van der Waals surface area contributed by atoms with Crippen LogP contribution < -0.4 is 0 Å². The molecule has 20 heavy (non-hydrogen) atoms. The Balaban J connectivity index is 4.58. The second kappa shape index (κ2) is 12.1. The molecule has 0 amide bonds. The first kappa shape index (κ1) is 20.5. The van der Waals surface area contributed by atoms with Crippen LogP contribution in [0.1, 0.15) is 53.4 Å². The monoisotopic (exact) mass is 325 g/mol. The molecule has 0 aromatic rings. The van der Waals surface area contributed by atoms with Crippen LogP contribution in [0, 0.1) is 0 Å². The quantitative estimate of drug-likeness (QED) is 0.440. The molecular formula is C14H33NO3P2. The third-order valence-electron chi connectivity index (χ3n) is 3.05. The SMILES string of the molecule is CCCCP(CCCC)N(C)CP(=O)(OCC)OCC. The molecule has 0 fully saturated rings. The van der Waals surface area contributed by atoms with Crippen molar-refractivity contribution in [2.24, 2.45) is 0 Å². The molecule has 0 aliphatic heterocycles. The second-order valence-electron chi connectivity index (χ2n) is 4.91. The molecule has 0 radical (unpaired) electrons. The van der Waals surface area contributed by atoms with Gasteiger partial charge in [-0.3, -0.25) is 9.24 Å². The van der Waals surface area contributed by atoms with Gasteiger partial charge in [-0.25, -0.2) is 0 Å². The molecule has 0 saturated heterocycles. The average Bonchev–Trinajstić information content (AvgIpc) is 2.39. The van der Waals surface area contributed by atoms with Gasteiger partial charge in [0.2, 0.25) is 0 Å². The Morgan fingerprint density at radius 2 is 1.40 bits per heavy atom. The summed E-state index contributed by atoms with van der Waals surface area (Å²) in [4.78, 5) is 0. The fraction of sp³-hybridized carbons (Fsp3) is 1.00. The lowest BCUT2D eigenvalue weighted by Gasteiger charge is -2.31. The van der Waals surface area contributed by atoms with Crippen molar-refractivity contribution in [2.75, 3.05) is 38.9 Å². The Kier molecular flexibility index (Phi) is 12.4. The predicted octanol–water partition coefficient (Wildman–Crippen LogP) is 5.14. The zero-order valence-corrected chi connectivity index (χ0v) is 15.7. The fourth-order valence-corrected chi connectivity index (χ4v) is 6.96. The van der Waals surface area contributed by atoms with E-state index in [0.29, 0.717) is 19.5 Å². The van der Waals surface area contributed by atoms with Gasteiger partial charge in [0.05, 0.1) is 13.2 Å². The van der Waals surface area contributed by atoms with Gasteiger partial charge in [-0.15, -0.1) is 0 Å². The molecule has 0 aromatic heterocycles. The Hall–Kier alpha value is 0.540. The van der Waals surface area contributed by atoms with Gasteiger partial charge in [0.25, 0.3) is 0 Å². The number of unbranched alkanes of at least 4 members (excludes halogenated alkanes) is 2. The molecule has 6 heteroatoms. The van der Waals surface area contributed by atoms with Crippen molar-refractivity contribution in [3.63, 3.8) is 0 Å². The number of rotatable bonds is 13. The van der Waals surface area contributed by atoms with Crippen LogP contribution in [-0.4, -0.2) is 43.5 Å². The van der Waals surface area contributed by atoms with Crippen molar-refractivity contribution in [1.29, 1.82) is 0 Å². The zero-order chi connectivity index (χ0) is 15.4. The molecule has 0 aliphatic rings. The van der Waals surface area contributed by atoms with Gasteiger partial charge in [-0.2, -0.15) is 0 Å². The van der Waals surface area contributed by atoms with Crippen LogP contribution in [-0.2, 0) is 13.6 Å². The maximum atomic E-state index is 12.6. The first-order chi connectivity index (χ1) is 9.52. The molecular weight excluding hydrogens is 292 g/mol. The minimum absolute atomic E-state index is 0.218. The van der Waals surface area contributed by atoms with Crippen molar-refractivity contribution in [2.45, 2.75) is 53.4 Å². The molecule has 122 valence electrons. The third kappa shape index (κ3) is 8.74. The van der Waals surface area contributed by atoms with Gasteiger partial charge >= 0.3 is 7.60 Å². The molecule has 0 aliphatic carbocycles. The van der Waals surface area contributed by atoms with Gasteiger partial charge in [0, 0.05) is 0 Å². The summed E-state index contributed by atoms with van der Waals surface area (Å²) in [6.07, 6.45) is 7.79. The lowest BCUT2D eigenvalue weighted by molar-refractivity contribution is 0.214. The van der Waals surface area contributed by atoms with Crippen molar-refractivity contribution in [1.82, 2.24) is 4.67 Å². The lowest BCUT2D eigenvalue weighted by atomic mass is 10.4. The highest BCUT2D eigenvalue weighted by atomic mass is 31.2. The summed E-state index contributed by atoms with van der Waals surface area (Å²) >= 11 is 0. The van der Waals surface area contributed by atoms with Crippen LogP contribution in [0.25, 0.3) is 0 Å². The summed E-state index contributed by atoms with van der Waals surface area (Å²) in [7, 11) is -1.10. The van der Waals surface area contributed by atoms with Gasteiger partial charge in [0.15, 0.2) is 0 Å². The predicted molar refractivity (Wildman–Crippen MR) is 90.0 cm³/mol. The van der Waals surface area contributed by atoms with E-state index in [-0.39, 0.29) is 8.07 Å². The molecule has 4 nitrogen and oxygen atoms in total. The van der Waals surface area contributed by atoms with E-state index in [1.54, 1.807) is 0 Å². The van der Waals surface area contributed by atoms with Gasteiger partial charge in [-0.05, 0) is 54.1 Å². The third-order valence-corrected chi connectivity index (χ3v) is 8.12. The van der Waals surface area contributed by atoms with Crippen molar-refractivity contribution in [3.05, 3.63) is 0 Å². The average molecular weight is 325 g/mol. The maximum absolute atomic E-state index is 12.6. The van der Waals surface area contributed by atoms with E-state index < -0.39 is 7.60 Å². The van der Waals surface area contributed by atoms with Crippen LogP contribution in [0.15, 0.2) is 0 Å². The Morgan fingerprint density at radius 1 is 0.950 bits per heavy atom. The molecule has 0 heterocycles. The van der Waals surface area contributed by atoms with E-state index in [0.717, 1.165) is 0 Å². The molecule has 0 atom stereocenters. The standard InChI is InChI=1S/C14H33NO3P2/c1-6-10-12-19(13-11-7-2)15(5)14-20(16,17-8-3)18-9-4/h6-14H2,1-5H3. The maximum Gasteiger partial charge on any atom is 0.344 e. The highest BCUT2D eigenvalue weighted by Gasteiger charge is 2.28. The fourth-order valence-electron chi connectivity index (χ4n) is 1.99. The summed E-state index contributed by atoms with van der Waals surface area (Å²) in [5.74, 6) is 0. The van der Waals surface area contributed by atoms with Crippen molar-refractivity contribution >= 4 is 15.7 Å². The van der Waals surface area contributed by atoms with Crippen LogP contribution in [0.4, 0.5) is 0 Å². The Bertz CT molecular complexity index is 259. The van der Waals surface area contributed by atoms with Crippen molar-refractivity contribution in [3.8, 4) is 0 Å². The molecule has 0 unspecified atom stereocenters. The van der Waals surface area contributed by atoms with Crippen LogP contribution in [0.5, 0.6) is 0 Å². The van der Waals surface area contributed by atoms with Crippen LogP contribution in [0.2, 0.25) is 0 Å². The first-order valence-electron chi connectivity index (χ1n) is 7.87. The number of nitrogens with zero attached hydrogens (tertiary/aromatic N) is 1. The molecule has 0 bridgehead atoms. The Labute approximate surface area is 126 Å². The van der Waals surface area contributed by atoms with E-state index in [1.807, 2.05) is 13.8 Å². The normalized spacial score (nSPS) is 12.6. The van der Waals surface area contributed by atoms with E-state index in [9.17, 15) is 4.57 Å². The van der Waals surface area contributed by atoms with Crippen LogP contribution >= 0.6 is 15.7 Å². The van der Waals surface area contributed by atoms with Gasteiger partial charge in [-0.1, -0.05) is 26.7 Å². The first-order valence-corrected chi connectivity index (χ1v) is 11.3. The summed E-state index contributed by atoms with van der Waals surface area (Å²) in [6.45, 7) is 9.04. The minimum Gasteiger partial charge on any atom is -0.308 e. The van der Waals surface area contributed by atoms with Gasteiger partial charge < -0.3 is 9.05 Å². The molecule has 0 N–H and O–H groups in total. The second-order valence-corrected chi connectivity index (χ2v) is 9.52. The van der Waals surface area contributed by atoms with Gasteiger partial charge in [0.1, 0.15) is 6.29 Å². The van der Waals surface area contributed by atoms with Crippen LogP contribution in [0.3, 0.4) is 0 Å². The summed E-state index contributed by atoms with van der Waals surface area (Å²) < 4.78 is 25.6. The van der Waals surface area contributed by atoms with E-state index in [4.69, 9.17) is 9.05 Å². The largest absolute Gasteiger partial charge is 0.344 e. The van der Waals surface area contributed by atoms with E-state index in [1.165, 1.54) is 38.0 Å². The molecule has 0 aromatic carbocycles.